The number of carbonyl (C=O) groups excluding carboxylic acids is 1. The summed E-state index contributed by atoms with van der Waals surface area (Å²) in [5.41, 5.74) is 1.08. The van der Waals surface area contributed by atoms with Crippen molar-refractivity contribution in [2.24, 2.45) is 0 Å². The van der Waals surface area contributed by atoms with Gasteiger partial charge in [0.25, 0.3) is 0 Å². The summed E-state index contributed by atoms with van der Waals surface area (Å²) >= 11 is 4.48. The lowest BCUT2D eigenvalue weighted by molar-refractivity contribution is -0.145. The fourth-order valence-electron chi connectivity index (χ4n) is 2.42. The molecule has 2 aromatic rings. The maximum absolute atomic E-state index is 12.2. The van der Waals surface area contributed by atoms with Crippen LogP contribution in [-0.2, 0) is 26.0 Å². The topological polar surface area (TPSA) is 81.7 Å². The van der Waals surface area contributed by atoms with Crippen molar-refractivity contribution in [2.45, 2.75) is 29.9 Å². The lowest BCUT2D eigenvalue weighted by Gasteiger charge is -2.13. The first-order valence-corrected chi connectivity index (χ1v) is 11.0. The van der Waals surface area contributed by atoms with Crippen LogP contribution < -0.4 is 9.46 Å². The minimum Gasteiger partial charge on any atom is -0.482 e. The Labute approximate surface area is 171 Å². The molecule has 0 saturated heterocycles. The highest BCUT2D eigenvalue weighted by atomic mass is 32.2. The van der Waals surface area contributed by atoms with Crippen molar-refractivity contribution < 1.29 is 22.7 Å². The summed E-state index contributed by atoms with van der Waals surface area (Å²) < 4.78 is 37.2. The van der Waals surface area contributed by atoms with Crippen LogP contribution in [0.4, 0.5) is 0 Å². The van der Waals surface area contributed by atoms with Crippen LogP contribution in [0.15, 0.2) is 59.5 Å². The Morgan fingerprint density at radius 2 is 1.79 bits per heavy atom. The van der Waals surface area contributed by atoms with Gasteiger partial charge in [-0.1, -0.05) is 30.3 Å². The Hall–Kier alpha value is -2.03. The van der Waals surface area contributed by atoms with Crippen LogP contribution in [0.5, 0.6) is 5.75 Å². The first-order chi connectivity index (χ1) is 13.4. The van der Waals surface area contributed by atoms with Gasteiger partial charge in [0.2, 0.25) is 10.0 Å². The molecule has 0 spiro atoms. The molecule has 1 atom stereocenters. The second kappa shape index (κ2) is 11.1. The Balaban J connectivity index is 1.75. The third kappa shape index (κ3) is 7.53. The van der Waals surface area contributed by atoms with Crippen LogP contribution in [-0.4, -0.2) is 39.4 Å². The van der Waals surface area contributed by atoms with Crippen LogP contribution >= 0.6 is 12.6 Å². The van der Waals surface area contributed by atoms with Crippen molar-refractivity contribution in [3.63, 3.8) is 0 Å². The fourth-order valence-corrected chi connectivity index (χ4v) is 3.87. The smallest absolute Gasteiger partial charge is 0.344 e. The van der Waals surface area contributed by atoms with E-state index >= 15 is 0 Å². The third-order valence-corrected chi connectivity index (χ3v) is 5.79. The summed E-state index contributed by atoms with van der Waals surface area (Å²) in [7, 11) is -3.51. The number of rotatable bonds is 11. The molecule has 0 aliphatic rings. The predicted octanol–water partition coefficient (Wildman–Crippen LogP) is 2.84. The molecule has 8 heteroatoms. The molecule has 0 aliphatic carbocycles. The lowest BCUT2D eigenvalue weighted by atomic mass is 10.1. The van der Waals surface area contributed by atoms with Gasteiger partial charge < -0.3 is 9.47 Å². The monoisotopic (exact) mass is 423 g/mol. The Morgan fingerprint density at radius 3 is 2.43 bits per heavy atom. The maximum Gasteiger partial charge on any atom is 0.344 e. The Bertz CT molecular complexity index is 839. The number of hydrogen-bond donors (Lipinski definition) is 2. The molecular formula is C20H25NO5S2. The maximum atomic E-state index is 12.2. The minimum absolute atomic E-state index is 0.113. The van der Waals surface area contributed by atoms with E-state index in [1.165, 1.54) is 0 Å². The van der Waals surface area contributed by atoms with Crippen molar-refractivity contribution in [3.05, 3.63) is 60.2 Å². The summed E-state index contributed by atoms with van der Waals surface area (Å²) in [6.07, 6.45) is 1.46. The molecule has 1 N–H and O–H groups in total. The molecule has 0 saturated carbocycles. The number of aryl methyl sites for hydroxylation is 1. The average molecular weight is 424 g/mol. The summed E-state index contributed by atoms with van der Waals surface area (Å²) in [6, 6.07) is 15.7. The highest BCUT2D eigenvalue weighted by Crippen LogP contribution is 2.15. The lowest BCUT2D eigenvalue weighted by Crippen LogP contribution is -2.30. The van der Waals surface area contributed by atoms with Crippen LogP contribution in [0.3, 0.4) is 0 Å². The van der Waals surface area contributed by atoms with E-state index in [1.807, 2.05) is 12.1 Å². The van der Waals surface area contributed by atoms with Gasteiger partial charge in [-0.2, -0.15) is 12.6 Å². The molecule has 0 aliphatic heterocycles. The average Bonchev–Trinajstić information content (AvgIpc) is 2.71. The van der Waals surface area contributed by atoms with Crippen LogP contribution in [0.2, 0.25) is 0 Å². The molecule has 28 heavy (non-hydrogen) atoms. The first-order valence-electron chi connectivity index (χ1n) is 9.01. The van der Waals surface area contributed by atoms with Crippen molar-refractivity contribution in [1.82, 2.24) is 4.72 Å². The van der Waals surface area contributed by atoms with E-state index in [0.29, 0.717) is 18.8 Å². The van der Waals surface area contributed by atoms with Crippen LogP contribution in [0.1, 0.15) is 18.9 Å². The van der Waals surface area contributed by atoms with E-state index in [-0.39, 0.29) is 23.3 Å². The van der Waals surface area contributed by atoms with Gasteiger partial charge in [0.1, 0.15) is 5.75 Å². The first kappa shape index (κ1) is 22.3. The summed E-state index contributed by atoms with van der Waals surface area (Å²) in [4.78, 5) is 11.5. The van der Waals surface area contributed by atoms with E-state index in [2.05, 4.69) is 17.4 Å². The molecule has 0 amide bonds. The fraction of sp³-hybridized carbons (Fsp3) is 0.350. The molecule has 0 fully saturated rings. The molecular weight excluding hydrogens is 398 g/mol. The van der Waals surface area contributed by atoms with Crippen molar-refractivity contribution in [1.29, 1.82) is 0 Å². The number of thiol groups is 1. The van der Waals surface area contributed by atoms with Gasteiger partial charge in [-0.25, -0.2) is 17.9 Å². The van der Waals surface area contributed by atoms with Gasteiger partial charge in [-0.15, -0.1) is 0 Å². The zero-order valence-electron chi connectivity index (χ0n) is 15.7. The van der Waals surface area contributed by atoms with Gasteiger partial charge in [0.05, 0.1) is 11.5 Å². The van der Waals surface area contributed by atoms with E-state index in [1.54, 1.807) is 49.4 Å². The van der Waals surface area contributed by atoms with Gasteiger partial charge in [0.15, 0.2) is 6.61 Å². The van der Waals surface area contributed by atoms with Crippen molar-refractivity contribution in [3.8, 4) is 5.75 Å². The summed E-state index contributed by atoms with van der Waals surface area (Å²) in [5.74, 6) is 0.192. The molecule has 2 rings (SSSR count). The van der Waals surface area contributed by atoms with E-state index in [0.717, 1.165) is 12.0 Å². The number of benzene rings is 2. The standard InChI is InChI=1S/C20H25NO5S2/c1-2-25-20(22)15-26-17-11-8-16(9-12-17)10-13-18(27)14-21-28(23,24)19-6-4-3-5-7-19/h3-9,11-12,18,21,27H,2,10,13-15H2,1H3. The largest absolute Gasteiger partial charge is 0.482 e. The number of esters is 1. The van der Waals surface area contributed by atoms with Crippen LogP contribution in [0, 0.1) is 0 Å². The SMILES string of the molecule is CCOC(=O)COc1ccc(CCC(S)CNS(=O)(=O)c2ccccc2)cc1. The molecule has 0 aromatic heterocycles. The summed E-state index contributed by atoms with van der Waals surface area (Å²) in [5, 5.41) is -0.113. The highest BCUT2D eigenvalue weighted by molar-refractivity contribution is 7.89. The van der Waals surface area contributed by atoms with E-state index in [4.69, 9.17) is 9.47 Å². The highest BCUT2D eigenvalue weighted by Gasteiger charge is 2.15. The van der Waals surface area contributed by atoms with Gasteiger partial charge in [-0.3, -0.25) is 0 Å². The quantitative estimate of drug-likeness (QED) is 0.429. The second-order valence-corrected chi connectivity index (χ2v) is 8.59. The number of ether oxygens (including phenoxy) is 2. The predicted molar refractivity (Wildman–Crippen MR) is 111 cm³/mol. The Morgan fingerprint density at radius 1 is 1.11 bits per heavy atom. The normalized spacial score (nSPS) is 12.4. The summed E-state index contributed by atoms with van der Waals surface area (Å²) in [6.45, 7) is 2.20. The van der Waals surface area contributed by atoms with Gasteiger partial charge >= 0.3 is 5.97 Å². The van der Waals surface area contributed by atoms with E-state index < -0.39 is 16.0 Å². The molecule has 0 radical (unpaired) electrons. The van der Waals surface area contributed by atoms with Crippen molar-refractivity contribution >= 4 is 28.6 Å². The number of hydrogen-bond acceptors (Lipinski definition) is 6. The molecule has 6 nitrogen and oxygen atoms in total. The van der Waals surface area contributed by atoms with Crippen molar-refractivity contribution in [2.75, 3.05) is 19.8 Å². The van der Waals surface area contributed by atoms with E-state index in [9.17, 15) is 13.2 Å². The number of carbonyl (C=O) groups is 1. The Kier molecular flexibility index (Phi) is 8.82. The van der Waals surface area contributed by atoms with Gasteiger partial charge in [-0.05, 0) is 49.6 Å². The molecule has 0 bridgehead atoms. The minimum atomic E-state index is -3.51. The molecule has 152 valence electrons. The third-order valence-electron chi connectivity index (χ3n) is 3.91. The second-order valence-electron chi connectivity index (χ2n) is 6.10. The molecule has 0 heterocycles. The molecule has 1 unspecified atom stereocenters. The zero-order chi connectivity index (χ0) is 20.4. The number of nitrogens with one attached hydrogen (secondary N) is 1. The zero-order valence-corrected chi connectivity index (χ0v) is 17.4. The number of sulfonamides is 1. The van der Waals surface area contributed by atoms with Crippen LogP contribution in [0.25, 0.3) is 0 Å². The van der Waals surface area contributed by atoms with Gasteiger partial charge in [0, 0.05) is 11.8 Å². The molecule has 2 aromatic carbocycles.